The summed E-state index contributed by atoms with van der Waals surface area (Å²) < 4.78 is 4.88. The van der Waals surface area contributed by atoms with Gasteiger partial charge in [0.05, 0.1) is 16.7 Å². The van der Waals surface area contributed by atoms with E-state index in [0.29, 0.717) is 16.6 Å². The maximum Gasteiger partial charge on any atom is 0.329 e. The lowest BCUT2D eigenvalue weighted by atomic mass is 10.2. The molecule has 2 aromatic rings. The van der Waals surface area contributed by atoms with Gasteiger partial charge in [0.15, 0.2) is 0 Å². The maximum absolute atomic E-state index is 12.2. The van der Waals surface area contributed by atoms with Crippen LogP contribution in [0.15, 0.2) is 23.0 Å². The summed E-state index contributed by atoms with van der Waals surface area (Å²) in [6, 6.07) is 5.14. The van der Waals surface area contributed by atoms with Crippen molar-refractivity contribution >= 4 is 47.0 Å². The van der Waals surface area contributed by atoms with E-state index in [1.807, 2.05) is 0 Å². The standard InChI is InChI=1S/C16H17Cl2N5O4/c17-10-2-1-9(5-11(10)18)7-21-16-22-12(6-19)14(15(26)23-16)20-3-4-27-8-13(24)25/h1-2,5-6,19-20H,3-4,7-8H2,(H,24,25)(H2,21,22,23,26). The van der Waals surface area contributed by atoms with Crippen LogP contribution in [0.1, 0.15) is 11.3 Å². The number of carbonyl (C=O) groups is 1. The summed E-state index contributed by atoms with van der Waals surface area (Å²) >= 11 is 11.8. The van der Waals surface area contributed by atoms with E-state index in [1.165, 1.54) is 0 Å². The summed E-state index contributed by atoms with van der Waals surface area (Å²) in [5, 5.41) is 22.5. The molecule has 0 amide bonds. The van der Waals surface area contributed by atoms with E-state index in [2.05, 4.69) is 20.6 Å². The molecule has 0 unspecified atom stereocenters. The fraction of sp³-hybridized carbons (Fsp3) is 0.250. The number of rotatable bonds is 10. The number of H-pyrrole nitrogens is 1. The SMILES string of the molecule is N=Cc1nc(NCc2ccc(Cl)c(Cl)c2)[nH]c(=O)c1NCCOCC(=O)O. The highest BCUT2D eigenvalue weighted by atomic mass is 35.5. The number of anilines is 2. The van der Waals surface area contributed by atoms with Gasteiger partial charge in [0, 0.05) is 19.3 Å². The van der Waals surface area contributed by atoms with E-state index in [9.17, 15) is 9.59 Å². The van der Waals surface area contributed by atoms with Gasteiger partial charge in [-0.05, 0) is 17.7 Å². The van der Waals surface area contributed by atoms with Crippen LogP contribution in [0.4, 0.5) is 11.6 Å². The second-order valence-corrected chi connectivity index (χ2v) is 6.11. The van der Waals surface area contributed by atoms with Gasteiger partial charge in [0.25, 0.3) is 5.56 Å². The van der Waals surface area contributed by atoms with Crippen molar-refractivity contribution in [2.75, 3.05) is 30.4 Å². The molecule has 2 rings (SSSR count). The summed E-state index contributed by atoms with van der Waals surface area (Å²) in [5.74, 6) is -0.885. The number of carboxylic acid groups (broad SMARTS) is 1. The highest BCUT2D eigenvalue weighted by Crippen LogP contribution is 2.22. The van der Waals surface area contributed by atoms with Crippen LogP contribution in [0, 0.1) is 5.41 Å². The van der Waals surface area contributed by atoms with Crippen LogP contribution >= 0.6 is 23.2 Å². The molecular formula is C16H17Cl2N5O4. The van der Waals surface area contributed by atoms with Crippen molar-refractivity contribution in [2.24, 2.45) is 0 Å². The lowest BCUT2D eigenvalue weighted by molar-refractivity contribution is -0.142. The fourth-order valence-corrected chi connectivity index (χ4v) is 2.41. The van der Waals surface area contributed by atoms with Crippen molar-refractivity contribution in [1.82, 2.24) is 9.97 Å². The number of ether oxygens (including phenoxy) is 1. The van der Waals surface area contributed by atoms with E-state index < -0.39 is 18.1 Å². The van der Waals surface area contributed by atoms with Gasteiger partial charge in [0.2, 0.25) is 5.95 Å². The third-order valence-electron chi connectivity index (χ3n) is 3.30. The van der Waals surface area contributed by atoms with Crippen LogP contribution in [-0.4, -0.2) is 47.0 Å². The second kappa shape index (κ2) is 9.91. The number of hydrogen-bond acceptors (Lipinski definition) is 7. The normalized spacial score (nSPS) is 10.4. The van der Waals surface area contributed by atoms with Gasteiger partial charge in [-0.3, -0.25) is 9.78 Å². The molecule has 0 spiro atoms. The zero-order chi connectivity index (χ0) is 19.8. The summed E-state index contributed by atoms with van der Waals surface area (Å²) in [6.45, 7) is 0.188. The number of nitrogens with one attached hydrogen (secondary N) is 4. The first-order valence-electron chi connectivity index (χ1n) is 7.76. The van der Waals surface area contributed by atoms with Gasteiger partial charge >= 0.3 is 5.97 Å². The summed E-state index contributed by atoms with van der Waals surface area (Å²) in [4.78, 5) is 29.3. The van der Waals surface area contributed by atoms with Crippen LogP contribution in [0.25, 0.3) is 0 Å². The summed E-state index contributed by atoms with van der Waals surface area (Å²) in [7, 11) is 0. The van der Waals surface area contributed by atoms with Crippen molar-refractivity contribution in [2.45, 2.75) is 6.54 Å². The van der Waals surface area contributed by atoms with Crippen molar-refractivity contribution in [3.05, 3.63) is 49.9 Å². The van der Waals surface area contributed by atoms with Crippen LogP contribution in [0.3, 0.4) is 0 Å². The van der Waals surface area contributed by atoms with Gasteiger partial charge in [-0.1, -0.05) is 29.3 Å². The zero-order valence-corrected chi connectivity index (χ0v) is 15.5. The molecule has 144 valence electrons. The summed E-state index contributed by atoms with van der Waals surface area (Å²) in [5.41, 5.74) is 0.595. The Morgan fingerprint density at radius 2 is 2.11 bits per heavy atom. The topological polar surface area (TPSA) is 140 Å². The molecular weight excluding hydrogens is 397 g/mol. The first-order chi connectivity index (χ1) is 12.9. The third-order valence-corrected chi connectivity index (χ3v) is 4.04. The minimum absolute atomic E-state index is 0.0838. The number of halogens is 2. The molecule has 0 saturated carbocycles. The predicted molar refractivity (Wildman–Crippen MR) is 103 cm³/mol. The largest absolute Gasteiger partial charge is 0.480 e. The fourth-order valence-electron chi connectivity index (χ4n) is 2.09. The lowest BCUT2D eigenvalue weighted by Crippen LogP contribution is -2.23. The van der Waals surface area contributed by atoms with Gasteiger partial charge in [-0.25, -0.2) is 9.78 Å². The maximum atomic E-state index is 12.2. The molecule has 0 aliphatic carbocycles. The van der Waals surface area contributed by atoms with Gasteiger partial charge < -0.3 is 25.9 Å². The molecule has 0 aliphatic rings. The van der Waals surface area contributed by atoms with Crippen molar-refractivity contribution in [3.63, 3.8) is 0 Å². The van der Waals surface area contributed by atoms with Gasteiger partial charge in [-0.2, -0.15) is 0 Å². The summed E-state index contributed by atoms with van der Waals surface area (Å²) in [6.07, 6.45) is 0.944. The van der Waals surface area contributed by atoms with E-state index in [4.69, 9.17) is 38.5 Å². The highest BCUT2D eigenvalue weighted by molar-refractivity contribution is 6.42. The second-order valence-electron chi connectivity index (χ2n) is 5.29. The average molecular weight is 414 g/mol. The first kappa shape index (κ1) is 20.7. The minimum atomic E-state index is -1.08. The first-order valence-corrected chi connectivity index (χ1v) is 8.52. The molecule has 9 nitrogen and oxygen atoms in total. The van der Waals surface area contributed by atoms with Crippen LogP contribution in [-0.2, 0) is 16.1 Å². The quantitative estimate of drug-likeness (QED) is 0.297. The molecule has 1 aromatic carbocycles. The molecule has 0 atom stereocenters. The average Bonchev–Trinajstić information content (AvgIpc) is 2.63. The number of aromatic nitrogens is 2. The van der Waals surface area contributed by atoms with Crippen LogP contribution < -0.4 is 16.2 Å². The Hall–Kier alpha value is -2.62. The Labute approximate surface area is 164 Å². The Morgan fingerprint density at radius 1 is 1.33 bits per heavy atom. The Kier molecular flexibility index (Phi) is 7.59. The molecule has 0 bridgehead atoms. The molecule has 11 heteroatoms. The van der Waals surface area contributed by atoms with E-state index >= 15 is 0 Å². The molecule has 5 N–H and O–H groups in total. The molecule has 0 radical (unpaired) electrons. The number of benzene rings is 1. The predicted octanol–water partition coefficient (Wildman–Crippen LogP) is 2.20. The Morgan fingerprint density at radius 3 is 2.78 bits per heavy atom. The van der Waals surface area contributed by atoms with Crippen LogP contribution in [0.2, 0.25) is 10.0 Å². The number of carboxylic acids is 1. The lowest BCUT2D eigenvalue weighted by Gasteiger charge is -2.11. The van der Waals surface area contributed by atoms with E-state index in [1.54, 1.807) is 18.2 Å². The number of nitrogens with zero attached hydrogens (tertiary/aromatic N) is 1. The number of hydrogen-bond donors (Lipinski definition) is 5. The molecule has 27 heavy (non-hydrogen) atoms. The van der Waals surface area contributed by atoms with Gasteiger partial charge in [0.1, 0.15) is 18.0 Å². The molecule has 1 aromatic heterocycles. The Balaban J connectivity index is 2.01. The monoisotopic (exact) mass is 413 g/mol. The zero-order valence-electron chi connectivity index (χ0n) is 14.0. The smallest absolute Gasteiger partial charge is 0.329 e. The highest BCUT2D eigenvalue weighted by Gasteiger charge is 2.10. The van der Waals surface area contributed by atoms with Crippen molar-refractivity contribution < 1.29 is 14.6 Å². The Bertz CT molecular complexity index is 888. The molecule has 0 aliphatic heterocycles. The molecule has 1 heterocycles. The van der Waals surface area contributed by atoms with Crippen molar-refractivity contribution in [3.8, 4) is 0 Å². The molecule has 0 fully saturated rings. The number of aromatic amines is 1. The van der Waals surface area contributed by atoms with Crippen LogP contribution in [0.5, 0.6) is 0 Å². The van der Waals surface area contributed by atoms with Crippen molar-refractivity contribution in [1.29, 1.82) is 5.41 Å². The van der Waals surface area contributed by atoms with E-state index in [0.717, 1.165) is 11.8 Å². The van der Waals surface area contributed by atoms with Gasteiger partial charge in [-0.15, -0.1) is 0 Å². The number of aliphatic carboxylic acids is 1. The third kappa shape index (κ3) is 6.24. The minimum Gasteiger partial charge on any atom is -0.480 e. The molecule has 0 saturated heterocycles. The van der Waals surface area contributed by atoms with E-state index in [-0.39, 0.29) is 30.5 Å².